The molecule has 0 fully saturated rings. The Morgan fingerprint density at radius 1 is 0.833 bits per heavy atom. The van der Waals surface area contributed by atoms with Crippen molar-refractivity contribution < 1.29 is 23.8 Å². The SMILES string of the molecule is COc1ccc(OCCCC(=O)Oc2ccc(C(=O)c3ccccc3)cc2C)cc1. The van der Waals surface area contributed by atoms with Crippen LogP contribution in [0.1, 0.15) is 34.3 Å². The Balaban J connectivity index is 1.48. The Morgan fingerprint density at radius 3 is 2.20 bits per heavy atom. The zero-order valence-electron chi connectivity index (χ0n) is 17.1. The Bertz CT molecular complexity index is 994. The molecule has 0 saturated carbocycles. The van der Waals surface area contributed by atoms with Gasteiger partial charge in [0.15, 0.2) is 5.78 Å². The molecule has 3 aromatic rings. The predicted molar refractivity (Wildman–Crippen MR) is 114 cm³/mol. The van der Waals surface area contributed by atoms with Gasteiger partial charge in [-0.25, -0.2) is 0 Å². The molecule has 0 saturated heterocycles. The minimum atomic E-state index is -0.335. The summed E-state index contributed by atoms with van der Waals surface area (Å²) in [4.78, 5) is 24.7. The summed E-state index contributed by atoms with van der Waals surface area (Å²) < 4.78 is 16.2. The largest absolute Gasteiger partial charge is 0.497 e. The van der Waals surface area contributed by atoms with Crippen LogP contribution in [-0.2, 0) is 4.79 Å². The summed E-state index contributed by atoms with van der Waals surface area (Å²) in [5, 5.41) is 0. The first-order valence-electron chi connectivity index (χ1n) is 9.75. The third-order valence-corrected chi connectivity index (χ3v) is 4.55. The summed E-state index contributed by atoms with van der Waals surface area (Å²) in [6.45, 7) is 2.22. The van der Waals surface area contributed by atoms with Crippen LogP contribution in [0.3, 0.4) is 0 Å². The van der Waals surface area contributed by atoms with E-state index in [2.05, 4.69) is 0 Å². The minimum absolute atomic E-state index is 0.0627. The van der Waals surface area contributed by atoms with Gasteiger partial charge in [0.25, 0.3) is 0 Å². The molecule has 154 valence electrons. The molecule has 0 atom stereocenters. The lowest BCUT2D eigenvalue weighted by Crippen LogP contribution is -2.11. The van der Waals surface area contributed by atoms with Crippen LogP contribution in [-0.4, -0.2) is 25.5 Å². The highest BCUT2D eigenvalue weighted by Gasteiger charge is 2.12. The number of carbonyl (C=O) groups excluding carboxylic acids is 2. The van der Waals surface area contributed by atoms with Crippen molar-refractivity contribution in [2.45, 2.75) is 19.8 Å². The Hall–Kier alpha value is -3.60. The van der Waals surface area contributed by atoms with E-state index in [1.165, 1.54) is 0 Å². The lowest BCUT2D eigenvalue weighted by molar-refractivity contribution is -0.134. The Labute approximate surface area is 176 Å². The van der Waals surface area contributed by atoms with Crippen molar-refractivity contribution in [3.05, 3.63) is 89.5 Å². The summed E-state index contributed by atoms with van der Waals surface area (Å²) in [6, 6.07) is 21.4. The zero-order chi connectivity index (χ0) is 21.3. The van der Waals surface area contributed by atoms with E-state index < -0.39 is 0 Å². The number of carbonyl (C=O) groups is 2. The van der Waals surface area contributed by atoms with Gasteiger partial charge in [0.1, 0.15) is 17.2 Å². The van der Waals surface area contributed by atoms with Gasteiger partial charge in [-0.1, -0.05) is 30.3 Å². The average Bonchev–Trinajstić information content (AvgIpc) is 2.78. The molecule has 30 heavy (non-hydrogen) atoms. The maximum atomic E-state index is 12.5. The summed E-state index contributed by atoms with van der Waals surface area (Å²) >= 11 is 0. The third-order valence-electron chi connectivity index (χ3n) is 4.55. The maximum absolute atomic E-state index is 12.5. The number of hydrogen-bond acceptors (Lipinski definition) is 5. The molecule has 0 N–H and O–H groups in total. The molecule has 0 spiro atoms. The molecule has 0 amide bonds. The van der Waals surface area contributed by atoms with Crippen molar-refractivity contribution in [1.82, 2.24) is 0 Å². The second kappa shape index (κ2) is 10.3. The summed E-state index contributed by atoms with van der Waals surface area (Å²) in [5.74, 6) is 1.54. The van der Waals surface area contributed by atoms with E-state index in [-0.39, 0.29) is 18.2 Å². The number of benzene rings is 3. The monoisotopic (exact) mass is 404 g/mol. The van der Waals surface area contributed by atoms with Crippen molar-refractivity contribution >= 4 is 11.8 Å². The van der Waals surface area contributed by atoms with E-state index in [4.69, 9.17) is 14.2 Å². The first kappa shape index (κ1) is 21.1. The number of esters is 1. The highest BCUT2D eigenvalue weighted by atomic mass is 16.5. The molecule has 0 radical (unpaired) electrons. The summed E-state index contributed by atoms with van der Waals surface area (Å²) in [6.07, 6.45) is 0.773. The first-order chi connectivity index (χ1) is 14.6. The standard InChI is InChI=1S/C25H24O5/c1-18-17-20(25(27)19-7-4-3-5-8-19)10-15-23(18)30-24(26)9-6-16-29-22-13-11-21(28-2)12-14-22/h3-5,7-8,10-15,17H,6,9,16H2,1-2H3. The van der Waals surface area contributed by atoms with Crippen molar-refractivity contribution in [1.29, 1.82) is 0 Å². The second-order valence-electron chi connectivity index (χ2n) is 6.78. The molecule has 0 unspecified atom stereocenters. The molecule has 3 rings (SSSR count). The van der Waals surface area contributed by atoms with E-state index in [1.807, 2.05) is 49.4 Å². The fourth-order valence-electron chi connectivity index (χ4n) is 2.91. The normalized spacial score (nSPS) is 10.3. The third kappa shape index (κ3) is 5.70. The lowest BCUT2D eigenvalue weighted by atomic mass is 10.0. The average molecular weight is 404 g/mol. The van der Waals surface area contributed by atoms with Crippen LogP contribution in [0.25, 0.3) is 0 Å². The van der Waals surface area contributed by atoms with Gasteiger partial charge in [0, 0.05) is 17.5 Å². The van der Waals surface area contributed by atoms with Crippen molar-refractivity contribution in [3.8, 4) is 17.2 Å². The fraction of sp³-hybridized carbons (Fsp3) is 0.200. The van der Waals surface area contributed by atoms with Crippen molar-refractivity contribution in [3.63, 3.8) is 0 Å². The van der Waals surface area contributed by atoms with Gasteiger partial charge >= 0.3 is 5.97 Å². The minimum Gasteiger partial charge on any atom is -0.497 e. The van der Waals surface area contributed by atoms with Gasteiger partial charge < -0.3 is 14.2 Å². The molecule has 5 heteroatoms. The van der Waals surface area contributed by atoms with Crippen molar-refractivity contribution in [2.75, 3.05) is 13.7 Å². The number of hydrogen-bond donors (Lipinski definition) is 0. The highest BCUT2D eigenvalue weighted by molar-refractivity contribution is 6.09. The van der Waals surface area contributed by atoms with Gasteiger partial charge in [-0.05, 0) is 61.4 Å². The van der Waals surface area contributed by atoms with Gasteiger partial charge in [0.05, 0.1) is 13.7 Å². The molecular weight excluding hydrogens is 380 g/mol. The quantitative estimate of drug-likeness (QED) is 0.217. The van der Waals surface area contributed by atoms with Crippen LogP contribution >= 0.6 is 0 Å². The number of aryl methyl sites for hydroxylation is 1. The molecule has 0 aromatic heterocycles. The molecule has 3 aromatic carbocycles. The van der Waals surface area contributed by atoms with Gasteiger partial charge in [-0.2, -0.15) is 0 Å². The highest BCUT2D eigenvalue weighted by Crippen LogP contribution is 2.22. The van der Waals surface area contributed by atoms with Crippen molar-refractivity contribution in [2.24, 2.45) is 0 Å². The maximum Gasteiger partial charge on any atom is 0.311 e. The Morgan fingerprint density at radius 2 is 1.53 bits per heavy atom. The number of methoxy groups -OCH3 is 1. The molecule has 0 bridgehead atoms. The fourth-order valence-corrected chi connectivity index (χ4v) is 2.91. The van der Waals surface area contributed by atoms with E-state index in [0.29, 0.717) is 29.9 Å². The predicted octanol–water partition coefficient (Wildman–Crippen LogP) is 5.00. The molecule has 0 aliphatic heterocycles. The van der Waals surface area contributed by atoms with Crippen LogP contribution in [0.5, 0.6) is 17.2 Å². The Kier molecular flexibility index (Phi) is 7.22. The van der Waals surface area contributed by atoms with E-state index >= 15 is 0 Å². The number of ketones is 1. The van der Waals surface area contributed by atoms with E-state index in [1.54, 1.807) is 37.4 Å². The van der Waals surface area contributed by atoms with Crippen LogP contribution in [0.15, 0.2) is 72.8 Å². The molecular formula is C25H24O5. The molecule has 5 nitrogen and oxygen atoms in total. The molecule has 0 aliphatic carbocycles. The summed E-state index contributed by atoms with van der Waals surface area (Å²) in [5.41, 5.74) is 1.92. The zero-order valence-corrected chi connectivity index (χ0v) is 17.1. The summed E-state index contributed by atoms with van der Waals surface area (Å²) in [7, 11) is 1.61. The topological polar surface area (TPSA) is 61.8 Å². The van der Waals surface area contributed by atoms with E-state index in [0.717, 1.165) is 17.1 Å². The van der Waals surface area contributed by atoms with E-state index in [9.17, 15) is 9.59 Å². The first-order valence-corrected chi connectivity index (χ1v) is 9.75. The van der Waals surface area contributed by atoms with Crippen LogP contribution < -0.4 is 14.2 Å². The smallest absolute Gasteiger partial charge is 0.311 e. The van der Waals surface area contributed by atoms with Crippen LogP contribution in [0, 0.1) is 6.92 Å². The van der Waals surface area contributed by atoms with Crippen LogP contribution in [0.2, 0.25) is 0 Å². The van der Waals surface area contributed by atoms with Gasteiger partial charge in [0.2, 0.25) is 0 Å². The molecule has 0 aliphatic rings. The van der Waals surface area contributed by atoms with Crippen LogP contribution in [0.4, 0.5) is 0 Å². The number of rotatable bonds is 9. The molecule has 0 heterocycles. The second-order valence-corrected chi connectivity index (χ2v) is 6.78. The van der Waals surface area contributed by atoms with Gasteiger partial charge in [-0.3, -0.25) is 9.59 Å². The number of ether oxygens (including phenoxy) is 3. The van der Waals surface area contributed by atoms with Gasteiger partial charge in [-0.15, -0.1) is 0 Å². The lowest BCUT2D eigenvalue weighted by Gasteiger charge is -2.10.